The third-order valence-electron chi connectivity index (χ3n) is 4.85. The highest BCUT2D eigenvalue weighted by Gasteiger charge is 2.29. The van der Waals surface area contributed by atoms with Gasteiger partial charge in [0.25, 0.3) is 0 Å². The van der Waals surface area contributed by atoms with Gasteiger partial charge in [0.15, 0.2) is 0 Å². The summed E-state index contributed by atoms with van der Waals surface area (Å²) >= 11 is 0. The van der Waals surface area contributed by atoms with Crippen molar-refractivity contribution in [2.45, 2.75) is 32.1 Å². The van der Waals surface area contributed by atoms with Crippen LogP contribution in [0.15, 0.2) is 42.7 Å². The molecule has 0 saturated heterocycles. The molecule has 132 valence electrons. The summed E-state index contributed by atoms with van der Waals surface area (Å²) in [5.41, 5.74) is 1.05. The molecule has 1 aliphatic carbocycles. The molecule has 0 atom stereocenters. The highest BCUT2D eigenvalue weighted by atomic mass is 16.4. The van der Waals surface area contributed by atoms with Crippen LogP contribution in [0, 0.1) is 11.8 Å². The Morgan fingerprint density at radius 1 is 1.12 bits per heavy atom. The van der Waals surface area contributed by atoms with Crippen LogP contribution < -0.4 is 5.32 Å². The molecule has 3 rings (SSSR count). The molecule has 1 aromatic heterocycles. The average molecular weight is 341 g/mol. The number of rotatable bonds is 6. The van der Waals surface area contributed by atoms with E-state index < -0.39 is 5.97 Å². The van der Waals surface area contributed by atoms with Crippen LogP contribution in [-0.4, -0.2) is 33.1 Å². The smallest absolute Gasteiger partial charge is 0.306 e. The van der Waals surface area contributed by atoms with Crippen LogP contribution in [-0.2, 0) is 16.0 Å². The number of nitrogens with one attached hydrogen (secondary N) is 1. The lowest BCUT2D eigenvalue weighted by Crippen LogP contribution is -2.35. The summed E-state index contributed by atoms with van der Waals surface area (Å²) in [6.07, 6.45) is 6.82. The third kappa shape index (κ3) is 4.26. The van der Waals surface area contributed by atoms with Gasteiger partial charge in [-0.15, -0.1) is 0 Å². The van der Waals surface area contributed by atoms with Crippen LogP contribution in [0.3, 0.4) is 0 Å². The van der Waals surface area contributed by atoms with E-state index in [9.17, 15) is 9.59 Å². The lowest BCUT2D eigenvalue weighted by Gasteiger charge is -2.25. The first-order valence-electron chi connectivity index (χ1n) is 8.73. The van der Waals surface area contributed by atoms with Gasteiger partial charge in [-0.05, 0) is 37.8 Å². The van der Waals surface area contributed by atoms with E-state index in [4.69, 9.17) is 5.11 Å². The molecule has 0 spiro atoms. The van der Waals surface area contributed by atoms with Gasteiger partial charge in [0.2, 0.25) is 5.91 Å². The van der Waals surface area contributed by atoms with Crippen molar-refractivity contribution in [3.05, 3.63) is 48.5 Å². The molecule has 0 bridgehead atoms. The highest BCUT2D eigenvalue weighted by Crippen LogP contribution is 2.28. The molecule has 2 aromatic rings. The van der Waals surface area contributed by atoms with Gasteiger partial charge in [-0.1, -0.05) is 18.2 Å². The number of aliphatic carboxylic acids is 1. The number of para-hydroxylation sites is 1. The van der Waals surface area contributed by atoms with Crippen molar-refractivity contribution >= 4 is 11.9 Å². The molecule has 25 heavy (non-hydrogen) atoms. The monoisotopic (exact) mass is 341 g/mol. The zero-order valence-electron chi connectivity index (χ0n) is 14.1. The van der Waals surface area contributed by atoms with Crippen molar-refractivity contribution in [1.82, 2.24) is 14.9 Å². The first-order chi connectivity index (χ1) is 12.1. The first-order valence-corrected chi connectivity index (χ1v) is 8.73. The van der Waals surface area contributed by atoms with Crippen molar-refractivity contribution in [2.75, 3.05) is 6.54 Å². The number of benzene rings is 1. The Balaban J connectivity index is 1.49. The van der Waals surface area contributed by atoms with Gasteiger partial charge < -0.3 is 15.0 Å². The Kier molecular flexibility index (Phi) is 5.48. The minimum atomic E-state index is -0.744. The van der Waals surface area contributed by atoms with E-state index in [0.29, 0.717) is 38.6 Å². The predicted molar refractivity (Wildman–Crippen MR) is 93.4 cm³/mol. The minimum Gasteiger partial charge on any atom is -0.481 e. The molecular weight excluding hydrogens is 318 g/mol. The Morgan fingerprint density at radius 2 is 1.80 bits per heavy atom. The van der Waals surface area contributed by atoms with Gasteiger partial charge in [0.1, 0.15) is 5.82 Å². The van der Waals surface area contributed by atoms with Gasteiger partial charge in [-0.3, -0.25) is 9.59 Å². The maximum atomic E-state index is 12.3. The van der Waals surface area contributed by atoms with Gasteiger partial charge in [0, 0.05) is 37.0 Å². The van der Waals surface area contributed by atoms with Gasteiger partial charge in [0.05, 0.1) is 5.92 Å². The van der Waals surface area contributed by atoms with E-state index in [1.807, 2.05) is 41.1 Å². The molecule has 1 heterocycles. The number of nitrogens with zero attached hydrogens (tertiary/aromatic N) is 2. The van der Waals surface area contributed by atoms with E-state index in [1.165, 1.54) is 0 Å². The average Bonchev–Trinajstić information content (AvgIpc) is 3.11. The topological polar surface area (TPSA) is 84.2 Å². The number of amides is 1. The molecule has 1 amide bonds. The molecule has 1 aliphatic rings. The van der Waals surface area contributed by atoms with Crippen LogP contribution in [0.1, 0.15) is 31.5 Å². The van der Waals surface area contributed by atoms with Crippen molar-refractivity contribution < 1.29 is 14.7 Å². The number of aromatic nitrogens is 2. The molecule has 0 radical (unpaired) electrons. The van der Waals surface area contributed by atoms with Crippen LogP contribution in [0.25, 0.3) is 5.69 Å². The summed E-state index contributed by atoms with van der Waals surface area (Å²) in [5, 5.41) is 12.0. The summed E-state index contributed by atoms with van der Waals surface area (Å²) < 4.78 is 2.02. The molecule has 6 heteroatoms. The Bertz CT molecular complexity index is 719. The fourth-order valence-corrected chi connectivity index (χ4v) is 3.39. The Labute approximate surface area is 146 Å². The van der Waals surface area contributed by atoms with Gasteiger partial charge >= 0.3 is 5.97 Å². The van der Waals surface area contributed by atoms with Crippen molar-refractivity contribution in [2.24, 2.45) is 11.8 Å². The molecular formula is C19H23N3O3. The van der Waals surface area contributed by atoms with E-state index in [-0.39, 0.29) is 17.7 Å². The summed E-state index contributed by atoms with van der Waals surface area (Å²) in [6.45, 7) is 0.529. The molecule has 0 aliphatic heterocycles. The Morgan fingerprint density at radius 3 is 2.48 bits per heavy atom. The SMILES string of the molecule is O=C(O)C1CCC(C(=O)NCCc2nccn2-c2ccccc2)CC1. The van der Waals surface area contributed by atoms with Gasteiger partial charge in [-0.2, -0.15) is 0 Å². The van der Waals surface area contributed by atoms with Crippen molar-refractivity contribution in [3.63, 3.8) is 0 Å². The number of hydrogen-bond donors (Lipinski definition) is 2. The molecule has 6 nitrogen and oxygen atoms in total. The summed E-state index contributed by atoms with van der Waals surface area (Å²) in [7, 11) is 0. The van der Waals surface area contributed by atoms with Crippen LogP contribution in [0.4, 0.5) is 0 Å². The fraction of sp³-hybridized carbons (Fsp3) is 0.421. The Hall–Kier alpha value is -2.63. The molecule has 0 unspecified atom stereocenters. The maximum Gasteiger partial charge on any atom is 0.306 e. The molecule has 1 fully saturated rings. The highest BCUT2D eigenvalue weighted by molar-refractivity contribution is 5.79. The van der Waals surface area contributed by atoms with Crippen molar-refractivity contribution in [1.29, 1.82) is 0 Å². The summed E-state index contributed by atoms with van der Waals surface area (Å²) in [4.78, 5) is 27.6. The van der Waals surface area contributed by atoms with E-state index >= 15 is 0 Å². The summed E-state index contributed by atoms with van der Waals surface area (Å²) in [6, 6.07) is 9.97. The van der Waals surface area contributed by atoms with Crippen LogP contribution >= 0.6 is 0 Å². The number of carboxylic acids is 1. The number of carbonyl (C=O) groups excluding carboxylic acids is 1. The predicted octanol–water partition coefficient (Wildman–Crippen LogP) is 2.42. The van der Waals surface area contributed by atoms with Crippen molar-refractivity contribution in [3.8, 4) is 5.69 Å². The minimum absolute atomic E-state index is 0.0293. The number of imidazole rings is 1. The number of hydrogen-bond acceptors (Lipinski definition) is 3. The van der Waals surface area contributed by atoms with Gasteiger partial charge in [-0.25, -0.2) is 4.98 Å². The van der Waals surface area contributed by atoms with Crippen LogP contribution in [0.5, 0.6) is 0 Å². The molecule has 1 saturated carbocycles. The number of carboxylic acid groups (broad SMARTS) is 1. The quantitative estimate of drug-likeness (QED) is 0.845. The second-order valence-electron chi connectivity index (χ2n) is 6.48. The number of carbonyl (C=O) groups is 2. The normalized spacial score (nSPS) is 20.2. The zero-order valence-corrected chi connectivity index (χ0v) is 14.1. The lowest BCUT2D eigenvalue weighted by atomic mass is 9.81. The van der Waals surface area contributed by atoms with E-state index in [2.05, 4.69) is 10.3 Å². The second kappa shape index (κ2) is 7.96. The largest absolute Gasteiger partial charge is 0.481 e. The molecule has 2 N–H and O–H groups in total. The van der Waals surface area contributed by atoms with E-state index in [0.717, 1.165) is 11.5 Å². The van der Waals surface area contributed by atoms with E-state index in [1.54, 1.807) is 6.20 Å². The second-order valence-corrected chi connectivity index (χ2v) is 6.48. The zero-order chi connectivity index (χ0) is 17.6. The first kappa shape index (κ1) is 17.2. The molecule has 1 aromatic carbocycles. The lowest BCUT2D eigenvalue weighted by molar-refractivity contribution is -0.144. The van der Waals surface area contributed by atoms with Crippen LogP contribution in [0.2, 0.25) is 0 Å². The standard InChI is InChI=1S/C19H23N3O3/c23-18(14-6-8-15(9-7-14)19(24)25)21-11-10-17-20-12-13-22(17)16-4-2-1-3-5-16/h1-5,12-15H,6-11H2,(H,21,23)(H,24,25). The fourth-order valence-electron chi connectivity index (χ4n) is 3.39. The summed E-state index contributed by atoms with van der Waals surface area (Å²) in [5.74, 6) is -0.166. The maximum absolute atomic E-state index is 12.3. The third-order valence-corrected chi connectivity index (χ3v) is 4.85.